The van der Waals surface area contributed by atoms with Crippen LogP contribution in [0.2, 0.25) is 0 Å². The lowest BCUT2D eigenvalue weighted by Gasteiger charge is -2.10. The Bertz CT molecular complexity index is 147. The van der Waals surface area contributed by atoms with Crippen LogP contribution in [0.1, 0.15) is 27.7 Å². The molecule has 0 saturated carbocycles. The number of nitrogens with one attached hydrogen (secondary N) is 1. The molecule has 0 atom stereocenters. The molecular formula is C8H15NO. The third-order valence-corrected chi connectivity index (χ3v) is 1.25. The largest absolute Gasteiger partial charge is 0.330 e. The molecule has 0 unspecified atom stereocenters. The smallest absolute Gasteiger partial charge is 0.220 e. The first-order chi connectivity index (χ1) is 4.57. The Labute approximate surface area is 62.3 Å². The van der Waals surface area contributed by atoms with Crippen molar-refractivity contribution < 1.29 is 4.79 Å². The number of carbonyl (C=O) groups excluding carboxylic acids is 1. The molecule has 0 aromatic heterocycles. The van der Waals surface area contributed by atoms with Crippen LogP contribution >= 0.6 is 0 Å². The van der Waals surface area contributed by atoms with E-state index in [0.717, 1.165) is 5.70 Å². The SMILES string of the molecule is C/C=C(/NC(C)=O)C(C)C. The normalized spacial score (nSPS) is 11.9. The molecule has 0 aliphatic carbocycles. The molecule has 0 aromatic carbocycles. The van der Waals surface area contributed by atoms with E-state index in [4.69, 9.17) is 0 Å². The van der Waals surface area contributed by atoms with E-state index in [1.54, 1.807) is 0 Å². The number of hydrogen-bond acceptors (Lipinski definition) is 1. The highest BCUT2D eigenvalue weighted by Gasteiger charge is 2.01. The van der Waals surface area contributed by atoms with E-state index in [2.05, 4.69) is 5.32 Å². The van der Waals surface area contributed by atoms with E-state index in [9.17, 15) is 4.79 Å². The van der Waals surface area contributed by atoms with Gasteiger partial charge in [0.25, 0.3) is 0 Å². The third kappa shape index (κ3) is 3.28. The Balaban J connectivity index is 3.99. The van der Waals surface area contributed by atoms with Crippen molar-refractivity contribution in [1.82, 2.24) is 5.32 Å². The van der Waals surface area contributed by atoms with Gasteiger partial charge in [0.05, 0.1) is 0 Å². The van der Waals surface area contributed by atoms with Crippen LogP contribution in [0.25, 0.3) is 0 Å². The van der Waals surface area contributed by atoms with Crippen LogP contribution in [0.3, 0.4) is 0 Å². The Morgan fingerprint density at radius 2 is 2.00 bits per heavy atom. The molecule has 0 saturated heterocycles. The molecule has 0 heterocycles. The summed E-state index contributed by atoms with van der Waals surface area (Å²) >= 11 is 0. The quantitative estimate of drug-likeness (QED) is 0.623. The first-order valence-electron chi connectivity index (χ1n) is 3.51. The molecule has 0 spiro atoms. The molecule has 0 aliphatic rings. The highest BCUT2D eigenvalue weighted by Crippen LogP contribution is 2.04. The van der Waals surface area contributed by atoms with Crippen molar-refractivity contribution in [3.8, 4) is 0 Å². The summed E-state index contributed by atoms with van der Waals surface area (Å²) in [6.45, 7) is 7.54. The lowest BCUT2D eigenvalue weighted by molar-refractivity contribution is -0.118. The Morgan fingerprint density at radius 1 is 1.50 bits per heavy atom. The summed E-state index contributed by atoms with van der Waals surface area (Å²) in [5, 5.41) is 2.75. The van der Waals surface area contributed by atoms with Crippen LogP contribution in [-0.2, 0) is 4.79 Å². The van der Waals surface area contributed by atoms with Crippen molar-refractivity contribution in [3.63, 3.8) is 0 Å². The summed E-state index contributed by atoms with van der Waals surface area (Å²) in [5.41, 5.74) is 0.993. The van der Waals surface area contributed by atoms with Gasteiger partial charge in [-0.1, -0.05) is 19.9 Å². The fraction of sp³-hybridized carbons (Fsp3) is 0.625. The lowest BCUT2D eigenvalue weighted by Crippen LogP contribution is -2.22. The van der Waals surface area contributed by atoms with Gasteiger partial charge in [0, 0.05) is 12.6 Å². The zero-order chi connectivity index (χ0) is 8.15. The molecule has 0 fully saturated rings. The first-order valence-corrected chi connectivity index (χ1v) is 3.51. The van der Waals surface area contributed by atoms with Gasteiger partial charge in [-0.05, 0) is 12.8 Å². The van der Waals surface area contributed by atoms with Crippen molar-refractivity contribution in [2.75, 3.05) is 0 Å². The van der Waals surface area contributed by atoms with Crippen LogP contribution < -0.4 is 5.32 Å². The average Bonchev–Trinajstić information content (AvgIpc) is 1.81. The number of allylic oxidation sites excluding steroid dienone is 2. The maximum atomic E-state index is 10.6. The molecule has 0 radical (unpaired) electrons. The lowest BCUT2D eigenvalue weighted by atomic mass is 10.1. The highest BCUT2D eigenvalue weighted by atomic mass is 16.1. The molecule has 10 heavy (non-hydrogen) atoms. The van der Waals surface area contributed by atoms with E-state index in [1.807, 2.05) is 26.8 Å². The van der Waals surface area contributed by atoms with Crippen molar-refractivity contribution >= 4 is 5.91 Å². The monoisotopic (exact) mass is 141 g/mol. The number of rotatable bonds is 2. The zero-order valence-corrected chi connectivity index (χ0v) is 7.06. The minimum atomic E-state index is 0.00167. The fourth-order valence-corrected chi connectivity index (χ4v) is 0.753. The molecule has 0 bridgehead atoms. The van der Waals surface area contributed by atoms with Gasteiger partial charge in [-0.25, -0.2) is 0 Å². The van der Waals surface area contributed by atoms with Crippen LogP contribution in [0.15, 0.2) is 11.8 Å². The number of amides is 1. The van der Waals surface area contributed by atoms with Gasteiger partial charge in [0.2, 0.25) is 5.91 Å². The van der Waals surface area contributed by atoms with Crippen LogP contribution in [0.5, 0.6) is 0 Å². The van der Waals surface area contributed by atoms with Crippen molar-refractivity contribution in [2.24, 2.45) is 5.92 Å². The summed E-state index contributed by atoms with van der Waals surface area (Å²) < 4.78 is 0. The summed E-state index contributed by atoms with van der Waals surface area (Å²) in [6, 6.07) is 0. The van der Waals surface area contributed by atoms with E-state index in [-0.39, 0.29) is 5.91 Å². The Hall–Kier alpha value is -0.790. The van der Waals surface area contributed by atoms with Crippen molar-refractivity contribution in [3.05, 3.63) is 11.8 Å². The molecule has 2 nitrogen and oxygen atoms in total. The van der Waals surface area contributed by atoms with Gasteiger partial charge < -0.3 is 5.32 Å². The van der Waals surface area contributed by atoms with E-state index >= 15 is 0 Å². The van der Waals surface area contributed by atoms with Gasteiger partial charge in [0.1, 0.15) is 0 Å². The zero-order valence-electron chi connectivity index (χ0n) is 7.06. The third-order valence-electron chi connectivity index (χ3n) is 1.25. The first kappa shape index (κ1) is 9.21. The predicted molar refractivity (Wildman–Crippen MR) is 42.4 cm³/mol. The van der Waals surface area contributed by atoms with Gasteiger partial charge in [-0.2, -0.15) is 0 Å². The molecule has 1 amide bonds. The Morgan fingerprint density at radius 3 is 2.10 bits per heavy atom. The maximum Gasteiger partial charge on any atom is 0.220 e. The van der Waals surface area contributed by atoms with Crippen LogP contribution in [0.4, 0.5) is 0 Å². The highest BCUT2D eigenvalue weighted by molar-refractivity contribution is 5.74. The molecule has 58 valence electrons. The summed E-state index contributed by atoms with van der Waals surface area (Å²) in [4.78, 5) is 10.6. The minimum Gasteiger partial charge on any atom is -0.330 e. The maximum absolute atomic E-state index is 10.6. The predicted octanol–water partition coefficient (Wildman–Crippen LogP) is 1.68. The standard InChI is InChI=1S/C8H15NO/c1-5-8(6(2)3)9-7(4)10/h5-6H,1-4H3,(H,9,10)/b8-5+. The van der Waals surface area contributed by atoms with E-state index < -0.39 is 0 Å². The Kier molecular flexibility index (Phi) is 3.77. The molecule has 2 heteroatoms. The van der Waals surface area contributed by atoms with Crippen LogP contribution in [-0.4, -0.2) is 5.91 Å². The topological polar surface area (TPSA) is 29.1 Å². The molecule has 0 aliphatic heterocycles. The summed E-state index contributed by atoms with van der Waals surface area (Å²) in [5.74, 6) is 0.399. The van der Waals surface area contributed by atoms with Gasteiger partial charge in [-0.15, -0.1) is 0 Å². The fourth-order valence-electron chi connectivity index (χ4n) is 0.753. The van der Waals surface area contributed by atoms with E-state index in [0.29, 0.717) is 5.92 Å². The second-order valence-electron chi connectivity index (χ2n) is 2.58. The summed E-state index contributed by atoms with van der Waals surface area (Å²) in [6.07, 6.45) is 1.92. The second kappa shape index (κ2) is 4.09. The van der Waals surface area contributed by atoms with Crippen LogP contribution in [0, 0.1) is 5.92 Å². The van der Waals surface area contributed by atoms with Crippen molar-refractivity contribution in [2.45, 2.75) is 27.7 Å². The minimum absolute atomic E-state index is 0.00167. The molecule has 0 aromatic rings. The van der Waals surface area contributed by atoms with Gasteiger partial charge in [0.15, 0.2) is 0 Å². The van der Waals surface area contributed by atoms with E-state index in [1.165, 1.54) is 6.92 Å². The number of carbonyl (C=O) groups is 1. The van der Waals surface area contributed by atoms with Gasteiger partial charge in [-0.3, -0.25) is 4.79 Å². The summed E-state index contributed by atoms with van der Waals surface area (Å²) in [7, 11) is 0. The second-order valence-corrected chi connectivity index (χ2v) is 2.58. The van der Waals surface area contributed by atoms with Gasteiger partial charge >= 0.3 is 0 Å². The molecule has 0 rings (SSSR count). The average molecular weight is 141 g/mol. The van der Waals surface area contributed by atoms with Crippen molar-refractivity contribution in [1.29, 1.82) is 0 Å². The molecule has 1 N–H and O–H groups in total. The number of hydrogen-bond donors (Lipinski definition) is 1. The molecular weight excluding hydrogens is 126 g/mol.